The van der Waals surface area contributed by atoms with Crippen LogP contribution in [0.4, 0.5) is 4.39 Å². The number of benzene rings is 1. The van der Waals surface area contributed by atoms with Crippen molar-refractivity contribution in [3.05, 3.63) is 32.1 Å². The Bertz CT molecular complexity index is 329. The van der Waals surface area contributed by atoms with E-state index in [1.165, 1.54) is 0 Å². The Balaban J connectivity index is 3.32. The first-order valence-electron chi connectivity index (χ1n) is 2.97. The van der Waals surface area contributed by atoms with Crippen LogP contribution < -0.4 is 0 Å². The number of halogens is 3. The van der Waals surface area contributed by atoms with Crippen molar-refractivity contribution in [1.82, 2.24) is 0 Å². The van der Waals surface area contributed by atoms with Crippen LogP contribution in [0.2, 0.25) is 5.02 Å². The summed E-state index contributed by atoms with van der Waals surface area (Å²) in [7, 11) is 0. The molecule has 0 fully saturated rings. The molecule has 0 unspecified atom stereocenters. The number of hydrogen-bond acceptors (Lipinski definition) is 2. The van der Waals surface area contributed by atoms with Crippen molar-refractivity contribution in [2.75, 3.05) is 0 Å². The predicted molar refractivity (Wildman–Crippen MR) is 53.5 cm³/mol. The highest BCUT2D eigenvalue weighted by atomic mass is 127. The van der Waals surface area contributed by atoms with Gasteiger partial charge in [-0.25, -0.2) is 4.39 Å². The molecular weight excluding hydrogens is 295 g/mol. The molecule has 0 saturated heterocycles. The standard InChI is InChI=1S/C7H4ClFINO/c8-5-1-2-6(10)7(9)4(5)3-11-12/h1-3,12H/b11-3+. The zero-order valence-electron chi connectivity index (χ0n) is 5.76. The van der Waals surface area contributed by atoms with E-state index < -0.39 is 5.82 Å². The zero-order chi connectivity index (χ0) is 9.14. The molecule has 0 aromatic heterocycles. The Morgan fingerprint density at radius 2 is 2.25 bits per heavy atom. The van der Waals surface area contributed by atoms with Crippen molar-refractivity contribution in [3.8, 4) is 0 Å². The van der Waals surface area contributed by atoms with E-state index in [0.29, 0.717) is 3.57 Å². The monoisotopic (exact) mass is 299 g/mol. The maximum atomic E-state index is 13.2. The summed E-state index contributed by atoms with van der Waals surface area (Å²) in [5.74, 6) is -0.471. The Morgan fingerprint density at radius 1 is 1.58 bits per heavy atom. The number of hydrogen-bond donors (Lipinski definition) is 1. The summed E-state index contributed by atoms with van der Waals surface area (Å²) >= 11 is 7.46. The molecule has 0 saturated carbocycles. The molecule has 0 atom stereocenters. The van der Waals surface area contributed by atoms with Crippen molar-refractivity contribution in [1.29, 1.82) is 0 Å². The third kappa shape index (κ3) is 1.87. The van der Waals surface area contributed by atoms with E-state index in [9.17, 15) is 4.39 Å². The van der Waals surface area contributed by atoms with Crippen LogP contribution in [0.3, 0.4) is 0 Å². The van der Waals surface area contributed by atoms with Crippen LogP contribution in [0.5, 0.6) is 0 Å². The molecule has 0 amide bonds. The summed E-state index contributed by atoms with van der Waals surface area (Å²) in [5.41, 5.74) is 0.103. The number of oxime groups is 1. The first kappa shape index (κ1) is 9.73. The Labute approximate surface area is 87.2 Å². The van der Waals surface area contributed by atoms with Gasteiger partial charge in [0.15, 0.2) is 0 Å². The van der Waals surface area contributed by atoms with E-state index in [2.05, 4.69) is 5.16 Å². The minimum atomic E-state index is -0.471. The lowest BCUT2D eigenvalue weighted by Gasteiger charge is -2.00. The number of rotatable bonds is 1. The van der Waals surface area contributed by atoms with E-state index in [4.69, 9.17) is 16.8 Å². The van der Waals surface area contributed by atoms with E-state index in [-0.39, 0.29) is 10.6 Å². The first-order valence-corrected chi connectivity index (χ1v) is 4.43. The van der Waals surface area contributed by atoms with Gasteiger partial charge in [0.25, 0.3) is 0 Å². The molecule has 64 valence electrons. The summed E-state index contributed by atoms with van der Waals surface area (Å²) in [6.07, 6.45) is 0.972. The molecule has 1 aromatic carbocycles. The molecule has 0 radical (unpaired) electrons. The maximum absolute atomic E-state index is 13.2. The third-order valence-corrected chi connectivity index (χ3v) is 2.43. The van der Waals surface area contributed by atoms with Gasteiger partial charge in [-0.2, -0.15) is 0 Å². The van der Waals surface area contributed by atoms with Crippen molar-refractivity contribution < 1.29 is 9.60 Å². The fraction of sp³-hybridized carbons (Fsp3) is 0. The quantitative estimate of drug-likeness (QED) is 0.279. The second kappa shape index (κ2) is 4.04. The molecule has 1 N–H and O–H groups in total. The molecule has 2 nitrogen and oxygen atoms in total. The van der Waals surface area contributed by atoms with E-state index >= 15 is 0 Å². The van der Waals surface area contributed by atoms with Gasteiger partial charge in [0.05, 0.1) is 16.8 Å². The zero-order valence-corrected chi connectivity index (χ0v) is 8.67. The van der Waals surface area contributed by atoms with E-state index in [1.54, 1.807) is 12.1 Å². The molecule has 0 bridgehead atoms. The molecule has 1 rings (SSSR count). The summed E-state index contributed by atoms with van der Waals surface area (Å²) < 4.78 is 13.6. The van der Waals surface area contributed by atoms with Gasteiger partial charge in [0.1, 0.15) is 5.82 Å². The fourth-order valence-corrected chi connectivity index (χ4v) is 1.38. The predicted octanol–water partition coefficient (Wildman–Crippen LogP) is 2.89. The first-order chi connectivity index (χ1) is 5.66. The Hall–Kier alpha value is -0.360. The van der Waals surface area contributed by atoms with E-state index in [1.807, 2.05) is 22.6 Å². The fourth-order valence-electron chi connectivity index (χ4n) is 0.719. The maximum Gasteiger partial charge on any atom is 0.146 e. The van der Waals surface area contributed by atoms with Crippen LogP contribution in [0.1, 0.15) is 5.56 Å². The lowest BCUT2D eigenvalue weighted by molar-refractivity contribution is 0.321. The third-order valence-electron chi connectivity index (χ3n) is 1.27. The Kier molecular flexibility index (Phi) is 3.28. The molecule has 0 aliphatic heterocycles. The minimum absolute atomic E-state index is 0.103. The van der Waals surface area contributed by atoms with Gasteiger partial charge in [-0.3, -0.25) is 0 Å². The van der Waals surface area contributed by atoms with Crippen LogP contribution in [0.25, 0.3) is 0 Å². The summed E-state index contributed by atoms with van der Waals surface area (Å²) in [4.78, 5) is 0. The number of nitrogens with zero attached hydrogens (tertiary/aromatic N) is 1. The van der Waals surface area contributed by atoms with Crippen LogP contribution in [-0.2, 0) is 0 Å². The second-order valence-corrected chi connectivity index (χ2v) is 3.57. The summed E-state index contributed by atoms with van der Waals surface area (Å²) in [6.45, 7) is 0. The van der Waals surface area contributed by atoms with Crippen LogP contribution in [0.15, 0.2) is 17.3 Å². The van der Waals surface area contributed by atoms with E-state index in [0.717, 1.165) is 6.21 Å². The van der Waals surface area contributed by atoms with Crippen LogP contribution in [-0.4, -0.2) is 11.4 Å². The van der Waals surface area contributed by atoms with Gasteiger partial charge in [-0.15, -0.1) is 0 Å². The Morgan fingerprint density at radius 3 is 2.83 bits per heavy atom. The summed E-state index contributed by atoms with van der Waals surface area (Å²) in [5, 5.41) is 11.1. The SMILES string of the molecule is O/N=C/c1c(Cl)ccc(I)c1F. The lowest BCUT2D eigenvalue weighted by atomic mass is 10.2. The summed E-state index contributed by atoms with van der Waals surface area (Å²) in [6, 6.07) is 3.09. The lowest BCUT2D eigenvalue weighted by Crippen LogP contribution is -1.92. The van der Waals surface area contributed by atoms with Crippen molar-refractivity contribution in [2.45, 2.75) is 0 Å². The molecule has 1 aromatic rings. The van der Waals surface area contributed by atoms with Gasteiger partial charge in [-0.05, 0) is 34.7 Å². The van der Waals surface area contributed by atoms with Gasteiger partial charge in [0.2, 0.25) is 0 Å². The molecular formula is C7H4ClFINO. The molecule has 0 spiro atoms. The average molecular weight is 299 g/mol. The highest BCUT2D eigenvalue weighted by Gasteiger charge is 2.08. The van der Waals surface area contributed by atoms with Gasteiger partial charge < -0.3 is 5.21 Å². The van der Waals surface area contributed by atoms with Crippen LogP contribution in [0, 0.1) is 9.39 Å². The minimum Gasteiger partial charge on any atom is -0.411 e. The molecule has 12 heavy (non-hydrogen) atoms. The average Bonchev–Trinajstić information content (AvgIpc) is 2.06. The molecule has 0 aliphatic carbocycles. The van der Waals surface area contributed by atoms with Gasteiger partial charge in [-0.1, -0.05) is 16.8 Å². The largest absolute Gasteiger partial charge is 0.411 e. The highest BCUT2D eigenvalue weighted by molar-refractivity contribution is 14.1. The molecule has 0 heterocycles. The topological polar surface area (TPSA) is 32.6 Å². The molecule has 5 heteroatoms. The molecule has 0 aliphatic rings. The smallest absolute Gasteiger partial charge is 0.146 e. The van der Waals surface area contributed by atoms with Crippen molar-refractivity contribution in [2.24, 2.45) is 5.16 Å². The van der Waals surface area contributed by atoms with Crippen LogP contribution >= 0.6 is 34.2 Å². The van der Waals surface area contributed by atoms with Crippen molar-refractivity contribution in [3.63, 3.8) is 0 Å². The second-order valence-electron chi connectivity index (χ2n) is 2.00. The van der Waals surface area contributed by atoms with Crippen molar-refractivity contribution >= 4 is 40.4 Å². The van der Waals surface area contributed by atoms with Gasteiger partial charge in [0, 0.05) is 3.57 Å². The normalized spacial score (nSPS) is 10.9. The highest BCUT2D eigenvalue weighted by Crippen LogP contribution is 2.21. The van der Waals surface area contributed by atoms with Gasteiger partial charge >= 0.3 is 0 Å².